The lowest BCUT2D eigenvalue weighted by Gasteiger charge is -2.12. The van der Waals surface area contributed by atoms with Gasteiger partial charge in [0.05, 0.1) is 52.9 Å². The average molecular weight is 796 g/mol. The Hall–Kier alpha value is -6.56. The highest BCUT2D eigenvalue weighted by molar-refractivity contribution is 5.94. The Balaban J connectivity index is 1.26. The van der Waals surface area contributed by atoms with Gasteiger partial charge in [-0.1, -0.05) is 42.0 Å². The minimum absolute atomic E-state index is 0.151. The molecule has 306 valence electrons. The standard InChI is InChI=1S/C40H49N11O7/c1-29-7-6-10-35(52)34(29)16-11-30(2)46-39-48-38(44-19-23-57-26-25-55-21-17-42-36(53)31-8-4-3-5-9-31)49-40(50-39)47-33-14-12-32(13-15-33)37(54)43-18-22-56-27-28-58-24-20-45-51-41/h3-16,52H,2,17-28H2,1H3,(H,42,53)(H,43,54)(H3,44,46,47,48,49,50)/b16-11-. The summed E-state index contributed by atoms with van der Waals surface area (Å²) in [5.41, 5.74) is 12.0. The lowest BCUT2D eigenvalue weighted by molar-refractivity contribution is 0.0511. The number of aryl methyl sites for hydroxylation is 1. The molecule has 0 bridgehead atoms. The van der Waals surface area contributed by atoms with E-state index in [1.807, 2.05) is 31.2 Å². The van der Waals surface area contributed by atoms with E-state index in [0.29, 0.717) is 101 Å². The predicted octanol–water partition coefficient (Wildman–Crippen LogP) is 5.22. The number of azide groups is 1. The topological polar surface area (TPSA) is 239 Å². The maximum atomic E-state index is 12.7. The number of hydrogen-bond donors (Lipinski definition) is 6. The van der Waals surface area contributed by atoms with Crippen molar-refractivity contribution in [3.63, 3.8) is 0 Å². The van der Waals surface area contributed by atoms with E-state index in [4.69, 9.17) is 24.5 Å². The largest absolute Gasteiger partial charge is 0.507 e. The number of amides is 2. The third kappa shape index (κ3) is 16.7. The van der Waals surface area contributed by atoms with Crippen molar-refractivity contribution in [3.8, 4) is 5.75 Å². The lowest BCUT2D eigenvalue weighted by atomic mass is 10.1. The molecule has 18 heteroatoms. The molecule has 0 spiro atoms. The Kier molecular flexibility index (Phi) is 19.5. The molecule has 0 aliphatic carbocycles. The van der Waals surface area contributed by atoms with Crippen molar-refractivity contribution in [2.45, 2.75) is 6.92 Å². The first-order valence-corrected chi connectivity index (χ1v) is 18.6. The van der Waals surface area contributed by atoms with Crippen LogP contribution in [0.4, 0.5) is 23.5 Å². The molecule has 0 fully saturated rings. The van der Waals surface area contributed by atoms with Gasteiger partial charge in [0.2, 0.25) is 17.8 Å². The summed E-state index contributed by atoms with van der Waals surface area (Å²) in [7, 11) is 0. The summed E-state index contributed by atoms with van der Waals surface area (Å²) in [4.78, 5) is 40.9. The highest BCUT2D eigenvalue weighted by atomic mass is 16.5. The molecule has 0 unspecified atom stereocenters. The van der Waals surface area contributed by atoms with E-state index in [1.165, 1.54) is 0 Å². The summed E-state index contributed by atoms with van der Waals surface area (Å²) in [6, 6.07) is 21.1. The summed E-state index contributed by atoms with van der Waals surface area (Å²) in [6.45, 7) is 10.0. The van der Waals surface area contributed by atoms with Crippen LogP contribution in [-0.4, -0.2) is 111 Å². The minimum Gasteiger partial charge on any atom is -0.507 e. The Bertz CT molecular complexity index is 1960. The minimum atomic E-state index is -0.259. The van der Waals surface area contributed by atoms with Gasteiger partial charge in [0, 0.05) is 59.2 Å². The van der Waals surface area contributed by atoms with Crippen LogP contribution in [0.5, 0.6) is 5.75 Å². The van der Waals surface area contributed by atoms with Crippen LogP contribution in [0.1, 0.15) is 31.8 Å². The van der Waals surface area contributed by atoms with Gasteiger partial charge in [0.25, 0.3) is 11.8 Å². The first-order chi connectivity index (χ1) is 28.3. The maximum Gasteiger partial charge on any atom is 0.251 e. The Morgan fingerprint density at radius 2 is 1.33 bits per heavy atom. The molecule has 0 aliphatic rings. The van der Waals surface area contributed by atoms with Gasteiger partial charge in [0.1, 0.15) is 5.75 Å². The molecule has 0 aliphatic heterocycles. The highest BCUT2D eigenvalue weighted by Crippen LogP contribution is 2.23. The van der Waals surface area contributed by atoms with E-state index < -0.39 is 0 Å². The van der Waals surface area contributed by atoms with Crippen LogP contribution in [0.25, 0.3) is 16.5 Å². The number of nitrogens with zero attached hydrogens (tertiary/aromatic N) is 6. The fraction of sp³-hybridized carbons (Fsp3) is 0.325. The van der Waals surface area contributed by atoms with E-state index in [9.17, 15) is 14.7 Å². The van der Waals surface area contributed by atoms with Crippen molar-refractivity contribution < 1.29 is 33.6 Å². The van der Waals surface area contributed by atoms with Crippen LogP contribution in [-0.2, 0) is 18.9 Å². The Morgan fingerprint density at radius 1 is 0.741 bits per heavy atom. The van der Waals surface area contributed by atoms with E-state index in [2.05, 4.69) is 58.1 Å². The van der Waals surface area contributed by atoms with Crippen molar-refractivity contribution in [3.05, 3.63) is 124 Å². The summed E-state index contributed by atoms with van der Waals surface area (Å²) < 4.78 is 22.0. The molecule has 0 saturated carbocycles. The quantitative estimate of drug-likeness (QED) is 0.0149. The van der Waals surface area contributed by atoms with Crippen LogP contribution >= 0.6 is 0 Å². The molecule has 0 saturated heterocycles. The summed E-state index contributed by atoms with van der Waals surface area (Å²) in [5, 5.41) is 28.7. The van der Waals surface area contributed by atoms with Gasteiger partial charge in [0.15, 0.2) is 0 Å². The number of ether oxygens (including phenoxy) is 4. The number of rotatable bonds is 27. The smallest absolute Gasteiger partial charge is 0.251 e. The first kappa shape index (κ1) is 44.2. The Labute approximate surface area is 336 Å². The molecule has 1 heterocycles. The summed E-state index contributed by atoms with van der Waals surface area (Å²) >= 11 is 0. The van der Waals surface area contributed by atoms with Crippen LogP contribution in [0.3, 0.4) is 0 Å². The normalized spacial score (nSPS) is 10.8. The van der Waals surface area contributed by atoms with Gasteiger partial charge in [-0.15, -0.1) is 0 Å². The number of hydrogen-bond acceptors (Lipinski definition) is 14. The monoisotopic (exact) mass is 795 g/mol. The molecule has 0 atom stereocenters. The molecule has 3 aromatic carbocycles. The second-order valence-electron chi connectivity index (χ2n) is 12.2. The zero-order valence-electron chi connectivity index (χ0n) is 32.4. The third-order valence-corrected chi connectivity index (χ3v) is 7.84. The van der Waals surface area contributed by atoms with Crippen molar-refractivity contribution in [2.75, 3.05) is 95.0 Å². The maximum absolute atomic E-state index is 12.7. The molecule has 1 aromatic heterocycles. The molecule has 4 rings (SSSR count). The van der Waals surface area contributed by atoms with Gasteiger partial charge in [-0.3, -0.25) is 9.59 Å². The van der Waals surface area contributed by atoms with Crippen molar-refractivity contribution in [1.82, 2.24) is 25.6 Å². The molecule has 4 aromatic rings. The van der Waals surface area contributed by atoms with E-state index >= 15 is 0 Å². The van der Waals surface area contributed by atoms with Gasteiger partial charge in [-0.05, 0) is 72.6 Å². The number of phenols is 1. The van der Waals surface area contributed by atoms with Gasteiger partial charge in [-0.25, -0.2) is 0 Å². The van der Waals surface area contributed by atoms with E-state index in [1.54, 1.807) is 60.7 Å². The summed E-state index contributed by atoms with van der Waals surface area (Å²) in [6.07, 6.45) is 3.46. The predicted molar refractivity (Wildman–Crippen MR) is 221 cm³/mol. The Morgan fingerprint density at radius 3 is 1.97 bits per heavy atom. The van der Waals surface area contributed by atoms with Crippen LogP contribution in [0, 0.1) is 6.92 Å². The van der Waals surface area contributed by atoms with E-state index in [0.717, 1.165) is 5.56 Å². The number of nitrogens with one attached hydrogen (secondary N) is 5. The van der Waals surface area contributed by atoms with Gasteiger partial charge in [-0.2, -0.15) is 15.0 Å². The molecule has 6 N–H and O–H groups in total. The molecule has 18 nitrogen and oxygen atoms in total. The molecular weight excluding hydrogens is 747 g/mol. The van der Waals surface area contributed by atoms with Crippen LogP contribution < -0.4 is 26.6 Å². The highest BCUT2D eigenvalue weighted by Gasteiger charge is 2.10. The second-order valence-corrected chi connectivity index (χ2v) is 12.2. The fourth-order valence-electron chi connectivity index (χ4n) is 4.95. The molecular formula is C40H49N11O7. The lowest BCUT2D eigenvalue weighted by Crippen LogP contribution is -2.27. The van der Waals surface area contributed by atoms with E-state index in [-0.39, 0.29) is 42.0 Å². The average Bonchev–Trinajstić information content (AvgIpc) is 3.22. The van der Waals surface area contributed by atoms with Gasteiger partial charge >= 0.3 is 0 Å². The number of aromatic nitrogens is 3. The number of aromatic hydroxyl groups is 1. The zero-order chi connectivity index (χ0) is 41.2. The van der Waals surface area contributed by atoms with Crippen molar-refractivity contribution >= 4 is 41.4 Å². The first-order valence-electron chi connectivity index (χ1n) is 18.6. The number of allylic oxidation sites excluding steroid dienone is 1. The SMILES string of the molecule is C=C(/C=C\c1c(C)cccc1O)Nc1nc(NCCOCCOCCNC(=O)c2ccccc2)nc(Nc2ccc(C(=O)NCCOCCOCCN=[N+]=[N-])cc2)n1. The van der Waals surface area contributed by atoms with Crippen molar-refractivity contribution in [2.24, 2.45) is 5.11 Å². The molecule has 2 amide bonds. The van der Waals surface area contributed by atoms with Crippen LogP contribution in [0.15, 0.2) is 96.3 Å². The molecule has 58 heavy (non-hydrogen) atoms. The third-order valence-electron chi connectivity index (χ3n) is 7.84. The zero-order valence-corrected chi connectivity index (χ0v) is 32.4. The number of anilines is 4. The van der Waals surface area contributed by atoms with Gasteiger partial charge < -0.3 is 50.6 Å². The van der Waals surface area contributed by atoms with Crippen molar-refractivity contribution in [1.29, 1.82) is 0 Å². The summed E-state index contributed by atoms with van der Waals surface area (Å²) in [5.74, 6) is 0.431. The number of carbonyl (C=O) groups excluding carboxylic acids is 2. The number of carbonyl (C=O) groups is 2. The molecule has 0 radical (unpaired) electrons. The fourth-order valence-corrected chi connectivity index (χ4v) is 4.95. The second kappa shape index (κ2) is 25.6. The number of benzene rings is 3. The number of phenolic OH excluding ortho intramolecular Hbond substituents is 1. The van der Waals surface area contributed by atoms with Crippen LogP contribution in [0.2, 0.25) is 0 Å².